The van der Waals surface area contributed by atoms with Gasteiger partial charge >= 0.3 is 0 Å². The Balaban J connectivity index is 2.18. The average molecular weight is 318 g/mol. The van der Waals surface area contributed by atoms with Gasteiger partial charge in [0.05, 0.1) is 4.90 Å². The molecular formula is C16H18N2O3S. The van der Waals surface area contributed by atoms with Crippen molar-refractivity contribution in [1.82, 2.24) is 4.72 Å². The van der Waals surface area contributed by atoms with Gasteiger partial charge in [-0.2, -0.15) is 0 Å². The molecule has 0 atom stereocenters. The summed E-state index contributed by atoms with van der Waals surface area (Å²) in [5.74, 6) is -0.281. The van der Waals surface area contributed by atoms with Crippen molar-refractivity contribution in [3.63, 3.8) is 0 Å². The Morgan fingerprint density at radius 3 is 2.14 bits per heavy atom. The molecule has 0 saturated carbocycles. The van der Waals surface area contributed by atoms with Crippen LogP contribution in [0.2, 0.25) is 0 Å². The fraction of sp³-hybridized carbons (Fsp3) is 0.188. The van der Waals surface area contributed by atoms with E-state index in [0.717, 1.165) is 11.1 Å². The molecule has 0 radical (unpaired) electrons. The zero-order valence-electron chi connectivity index (χ0n) is 12.7. The molecule has 0 saturated heterocycles. The first-order chi connectivity index (χ1) is 10.3. The molecule has 22 heavy (non-hydrogen) atoms. The molecule has 0 aliphatic carbocycles. The summed E-state index contributed by atoms with van der Waals surface area (Å²) in [5, 5.41) is 2.79. The first-order valence-corrected chi connectivity index (χ1v) is 8.24. The SMILES string of the molecule is CNS(=O)(=O)c1ccc(C(=O)Nc2ccc(C)c(C)c2)cc1. The number of carbonyl (C=O) groups excluding carboxylic acids is 1. The number of amides is 1. The number of benzene rings is 2. The second kappa shape index (κ2) is 6.29. The van der Waals surface area contributed by atoms with Crippen LogP contribution < -0.4 is 10.0 Å². The molecule has 0 heterocycles. The quantitative estimate of drug-likeness (QED) is 0.909. The van der Waals surface area contributed by atoms with Crippen molar-refractivity contribution in [3.8, 4) is 0 Å². The Labute approximate surface area is 130 Å². The summed E-state index contributed by atoms with van der Waals surface area (Å²) in [6.07, 6.45) is 0. The van der Waals surface area contributed by atoms with E-state index < -0.39 is 10.0 Å². The van der Waals surface area contributed by atoms with Gasteiger partial charge in [-0.3, -0.25) is 4.79 Å². The van der Waals surface area contributed by atoms with E-state index in [1.54, 1.807) is 0 Å². The van der Waals surface area contributed by atoms with Crippen LogP contribution in [0.3, 0.4) is 0 Å². The molecule has 2 N–H and O–H groups in total. The molecule has 0 aromatic heterocycles. The van der Waals surface area contributed by atoms with Crippen molar-refractivity contribution in [2.45, 2.75) is 18.7 Å². The molecule has 116 valence electrons. The van der Waals surface area contributed by atoms with Gasteiger partial charge in [0.25, 0.3) is 5.91 Å². The van der Waals surface area contributed by atoms with E-state index in [4.69, 9.17) is 0 Å². The number of hydrogen-bond acceptors (Lipinski definition) is 3. The van der Waals surface area contributed by atoms with Crippen LogP contribution in [0.5, 0.6) is 0 Å². The van der Waals surface area contributed by atoms with E-state index in [0.29, 0.717) is 11.3 Å². The minimum Gasteiger partial charge on any atom is -0.322 e. The fourth-order valence-electron chi connectivity index (χ4n) is 1.93. The summed E-state index contributed by atoms with van der Waals surface area (Å²) >= 11 is 0. The van der Waals surface area contributed by atoms with Crippen LogP contribution in [0.25, 0.3) is 0 Å². The second-order valence-corrected chi connectivity index (χ2v) is 6.87. The molecule has 0 aliphatic heterocycles. The zero-order chi connectivity index (χ0) is 16.3. The molecule has 6 heteroatoms. The van der Waals surface area contributed by atoms with Gasteiger partial charge in [0.1, 0.15) is 0 Å². The van der Waals surface area contributed by atoms with E-state index in [1.165, 1.54) is 31.3 Å². The van der Waals surface area contributed by atoms with Gasteiger partial charge in [0.2, 0.25) is 10.0 Å². The molecule has 1 amide bonds. The number of aryl methyl sites for hydroxylation is 2. The lowest BCUT2D eigenvalue weighted by Gasteiger charge is -2.08. The number of hydrogen-bond donors (Lipinski definition) is 2. The van der Waals surface area contributed by atoms with Crippen LogP contribution in [0.15, 0.2) is 47.4 Å². The maximum Gasteiger partial charge on any atom is 0.255 e. The molecule has 5 nitrogen and oxygen atoms in total. The predicted octanol–water partition coefficient (Wildman–Crippen LogP) is 2.46. The Hall–Kier alpha value is -2.18. The predicted molar refractivity (Wildman–Crippen MR) is 86.6 cm³/mol. The van der Waals surface area contributed by atoms with Crippen LogP contribution >= 0.6 is 0 Å². The largest absolute Gasteiger partial charge is 0.322 e. The number of sulfonamides is 1. The smallest absolute Gasteiger partial charge is 0.255 e. The van der Waals surface area contributed by atoms with Crippen LogP contribution in [0.1, 0.15) is 21.5 Å². The normalized spacial score (nSPS) is 11.2. The number of carbonyl (C=O) groups is 1. The van der Waals surface area contributed by atoms with Gasteiger partial charge in [0.15, 0.2) is 0 Å². The van der Waals surface area contributed by atoms with E-state index >= 15 is 0 Å². The maximum atomic E-state index is 12.2. The third kappa shape index (κ3) is 3.52. The number of nitrogens with one attached hydrogen (secondary N) is 2. The van der Waals surface area contributed by atoms with Gasteiger partial charge in [-0.15, -0.1) is 0 Å². The van der Waals surface area contributed by atoms with Crippen LogP contribution in [-0.2, 0) is 10.0 Å². The van der Waals surface area contributed by atoms with Gasteiger partial charge in [-0.1, -0.05) is 6.07 Å². The van der Waals surface area contributed by atoms with E-state index in [2.05, 4.69) is 10.0 Å². The summed E-state index contributed by atoms with van der Waals surface area (Å²) in [4.78, 5) is 12.3. The van der Waals surface area contributed by atoms with Crippen LogP contribution in [0, 0.1) is 13.8 Å². The van der Waals surface area contributed by atoms with Gasteiger partial charge < -0.3 is 5.32 Å². The molecule has 0 fully saturated rings. The minimum absolute atomic E-state index is 0.123. The third-order valence-electron chi connectivity index (χ3n) is 3.46. The summed E-state index contributed by atoms with van der Waals surface area (Å²) in [6, 6.07) is 11.4. The molecule has 2 aromatic carbocycles. The first kappa shape index (κ1) is 16.2. The molecule has 2 aromatic rings. The molecule has 0 unspecified atom stereocenters. The van der Waals surface area contributed by atoms with Gasteiger partial charge in [-0.25, -0.2) is 13.1 Å². The van der Waals surface area contributed by atoms with Crippen molar-refractivity contribution in [3.05, 3.63) is 59.2 Å². The van der Waals surface area contributed by atoms with E-state index in [9.17, 15) is 13.2 Å². The van der Waals surface area contributed by atoms with Crippen LogP contribution in [-0.4, -0.2) is 21.4 Å². The maximum absolute atomic E-state index is 12.2. The van der Waals surface area contributed by atoms with Gasteiger partial charge in [0, 0.05) is 11.3 Å². The lowest BCUT2D eigenvalue weighted by atomic mass is 10.1. The van der Waals surface area contributed by atoms with Crippen molar-refractivity contribution in [1.29, 1.82) is 0 Å². The molecular weight excluding hydrogens is 300 g/mol. The third-order valence-corrected chi connectivity index (χ3v) is 4.89. The van der Waals surface area contributed by atoms with E-state index in [-0.39, 0.29) is 10.8 Å². The monoisotopic (exact) mass is 318 g/mol. The summed E-state index contributed by atoms with van der Waals surface area (Å²) in [6.45, 7) is 3.98. The molecule has 2 rings (SSSR count). The van der Waals surface area contributed by atoms with Crippen molar-refractivity contribution >= 4 is 21.6 Å². The highest BCUT2D eigenvalue weighted by Gasteiger charge is 2.12. The van der Waals surface area contributed by atoms with Crippen molar-refractivity contribution in [2.24, 2.45) is 0 Å². The van der Waals surface area contributed by atoms with E-state index in [1.807, 2.05) is 32.0 Å². The lowest BCUT2D eigenvalue weighted by Crippen LogP contribution is -2.19. The molecule has 0 aliphatic rings. The minimum atomic E-state index is -3.49. The average Bonchev–Trinajstić information content (AvgIpc) is 2.51. The summed E-state index contributed by atoms with van der Waals surface area (Å²) in [5.41, 5.74) is 3.35. The first-order valence-electron chi connectivity index (χ1n) is 6.76. The Bertz CT molecular complexity index is 797. The van der Waals surface area contributed by atoms with Gasteiger partial charge in [-0.05, 0) is 68.4 Å². The lowest BCUT2D eigenvalue weighted by molar-refractivity contribution is 0.102. The summed E-state index contributed by atoms with van der Waals surface area (Å²) in [7, 11) is -2.15. The highest BCUT2D eigenvalue weighted by molar-refractivity contribution is 7.89. The molecule has 0 bridgehead atoms. The highest BCUT2D eigenvalue weighted by atomic mass is 32.2. The Kier molecular flexibility index (Phi) is 4.63. The zero-order valence-corrected chi connectivity index (χ0v) is 13.5. The summed E-state index contributed by atoms with van der Waals surface area (Å²) < 4.78 is 25.5. The number of anilines is 1. The molecule has 0 spiro atoms. The second-order valence-electron chi connectivity index (χ2n) is 4.99. The standard InChI is InChI=1S/C16H18N2O3S/c1-11-4-7-14(10-12(11)2)18-16(19)13-5-8-15(9-6-13)22(20,21)17-3/h4-10,17H,1-3H3,(H,18,19). The highest BCUT2D eigenvalue weighted by Crippen LogP contribution is 2.16. The van der Waals surface area contributed by atoms with Crippen molar-refractivity contribution < 1.29 is 13.2 Å². The fourth-order valence-corrected chi connectivity index (χ4v) is 2.66. The Morgan fingerprint density at radius 2 is 1.59 bits per heavy atom. The van der Waals surface area contributed by atoms with Crippen molar-refractivity contribution in [2.75, 3.05) is 12.4 Å². The number of rotatable bonds is 4. The Morgan fingerprint density at radius 1 is 0.955 bits per heavy atom. The van der Waals surface area contributed by atoms with Crippen LogP contribution in [0.4, 0.5) is 5.69 Å². The topological polar surface area (TPSA) is 75.3 Å².